The zero-order chi connectivity index (χ0) is 15.5. The molecule has 0 bridgehead atoms. The van der Waals surface area contributed by atoms with Crippen LogP contribution in [-0.2, 0) is 13.8 Å². The lowest BCUT2D eigenvalue weighted by Gasteiger charge is -2.26. The first-order chi connectivity index (χ1) is 9.88. The summed E-state index contributed by atoms with van der Waals surface area (Å²) < 4.78 is 59.8. The number of halogens is 3. The van der Waals surface area contributed by atoms with E-state index in [4.69, 9.17) is 20.2 Å². The minimum absolute atomic E-state index is 0.0575. The largest absolute Gasteiger partial charge is 0.488 e. The van der Waals surface area contributed by atoms with Gasteiger partial charge in [-0.25, -0.2) is 17.2 Å². The molecule has 0 aliphatic carbocycles. The molecule has 0 radical (unpaired) electrons. The summed E-state index contributed by atoms with van der Waals surface area (Å²) >= 11 is 0. The van der Waals surface area contributed by atoms with Crippen molar-refractivity contribution in [1.29, 1.82) is 0 Å². The van der Waals surface area contributed by atoms with Crippen LogP contribution in [0.25, 0.3) is 0 Å². The molecule has 0 atom stereocenters. The second-order valence-corrected chi connectivity index (χ2v) is 6.99. The first-order valence-electron chi connectivity index (χ1n) is 6.24. The van der Waals surface area contributed by atoms with E-state index in [9.17, 15) is 17.2 Å². The van der Waals surface area contributed by atoms with E-state index in [1.807, 2.05) is 4.90 Å². The molecule has 0 amide bonds. The number of morpholine rings is 1. The topological polar surface area (TPSA) is 55.8 Å². The van der Waals surface area contributed by atoms with Crippen LogP contribution in [0.5, 0.6) is 5.75 Å². The van der Waals surface area contributed by atoms with Gasteiger partial charge in [-0.05, 0) is 6.07 Å². The van der Waals surface area contributed by atoms with Gasteiger partial charge in [0.25, 0.3) is 9.05 Å². The normalized spacial score (nSPS) is 16.9. The van der Waals surface area contributed by atoms with Crippen molar-refractivity contribution >= 4 is 19.7 Å². The van der Waals surface area contributed by atoms with E-state index < -0.39 is 31.3 Å². The van der Waals surface area contributed by atoms with Gasteiger partial charge in [0, 0.05) is 36.4 Å². The number of rotatable bonds is 5. The molecule has 1 heterocycles. The van der Waals surface area contributed by atoms with Gasteiger partial charge in [0.1, 0.15) is 17.3 Å². The summed E-state index contributed by atoms with van der Waals surface area (Å²) in [5, 5.41) is 0. The van der Waals surface area contributed by atoms with Gasteiger partial charge in [-0.1, -0.05) is 0 Å². The smallest absolute Gasteiger partial charge is 0.265 e. The van der Waals surface area contributed by atoms with Gasteiger partial charge in [-0.15, -0.1) is 0 Å². The molecule has 1 aromatic rings. The zero-order valence-corrected chi connectivity index (χ0v) is 12.6. The fraction of sp³-hybridized carbons (Fsp3) is 0.500. The molecule has 5 nitrogen and oxygen atoms in total. The molecule has 0 aromatic heterocycles. The molecule has 0 unspecified atom stereocenters. The molecular weight excluding hydrogens is 328 g/mol. The van der Waals surface area contributed by atoms with Crippen molar-refractivity contribution in [1.82, 2.24) is 4.90 Å². The van der Waals surface area contributed by atoms with E-state index in [1.54, 1.807) is 0 Å². The molecule has 0 spiro atoms. The van der Waals surface area contributed by atoms with Crippen LogP contribution in [0.3, 0.4) is 0 Å². The van der Waals surface area contributed by atoms with Gasteiger partial charge in [-0.2, -0.15) is 0 Å². The summed E-state index contributed by atoms with van der Waals surface area (Å²) in [6.45, 7) is 3.17. The van der Waals surface area contributed by atoms with Gasteiger partial charge >= 0.3 is 0 Å². The minimum atomic E-state index is -4.30. The highest BCUT2D eigenvalue weighted by atomic mass is 35.7. The van der Waals surface area contributed by atoms with E-state index in [1.165, 1.54) is 0 Å². The molecule has 0 saturated carbocycles. The first kappa shape index (κ1) is 16.4. The highest BCUT2D eigenvalue weighted by Crippen LogP contribution is 2.30. The Kier molecular flexibility index (Phi) is 5.37. The lowest BCUT2D eigenvalue weighted by atomic mass is 10.3. The summed E-state index contributed by atoms with van der Waals surface area (Å²) in [7, 11) is 0.867. The van der Waals surface area contributed by atoms with Crippen LogP contribution in [0.4, 0.5) is 8.78 Å². The van der Waals surface area contributed by atoms with E-state index in [0.717, 1.165) is 13.1 Å². The highest BCUT2D eigenvalue weighted by molar-refractivity contribution is 8.13. The Morgan fingerprint density at radius 1 is 1.29 bits per heavy atom. The van der Waals surface area contributed by atoms with Crippen LogP contribution in [0.2, 0.25) is 0 Å². The van der Waals surface area contributed by atoms with Crippen molar-refractivity contribution in [3.8, 4) is 5.75 Å². The molecule has 1 aliphatic rings. The predicted molar refractivity (Wildman–Crippen MR) is 72.2 cm³/mol. The summed E-state index contributed by atoms with van der Waals surface area (Å²) in [6.07, 6.45) is 0. The Bertz CT molecular complexity index is 606. The van der Waals surface area contributed by atoms with Crippen LogP contribution < -0.4 is 4.74 Å². The van der Waals surface area contributed by atoms with Crippen LogP contribution in [-0.4, -0.2) is 52.8 Å². The summed E-state index contributed by atoms with van der Waals surface area (Å²) in [4.78, 5) is 1.32. The van der Waals surface area contributed by atoms with E-state index >= 15 is 0 Å². The highest BCUT2D eigenvalue weighted by Gasteiger charge is 2.23. The lowest BCUT2D eigenvalue weighted by Crippen LogP contribution is -2.38. The Morgan fingerprint density at radius 2 is 1.95 bits per heavy atom. The number of hydrogen-bond acceptors (Lipinski definition) is 5. The molecule has 1 aromatic carbocycles. The molecule has 21 heavy (non-hydrogen) atoms. The van der Waals surface area contributed by atoms with Crippen LogP contribution >= 0.6 is 10.7 Å². The molecule has 9 heteroatoms. The molecule has 1 saturated heterocycles. The Balaban J connectivity index is 2.08. The van der Waals surface area contributed by atoms with Crippen molar-refractivity contribution in [2.75, 3.05) is 39.5 Å². The van der Waals surface area contributed by atoms with Crippen molar-refractivity contribution in [2.45, 2.75) is 4.90 Å². The molecule has 1 fully saturated rings. The Labute approximate surface area is 125 Å². The average molecular weight is 342 g/mol. The first-order valence-corrected chi connectivity index (χ1v) is 8.55. The molecular formula is C12H14ClF2NO4S. The number of ether oxygens (including phenoxy) is 2. The lowest BCUT2D eigenvalue weighted by molar-refractivity contribution is 0.0318. The SMILES string of the molecule is O=S(=O)(Cl)c1cc(F)cc(F)c1OCCN1CCOCC1. The monoisotopic (exact) mass is 341 g/mol. The second-order valence-electron chi connectivity index (χ2n) is 4.46. The number of nitrogens with zero attached hydrogens (tertiary/aromatic N) is 1. The van der Waals surface area contributed by atoms with Crippen LogP contribution in [0, 0.1) is 11.6 Å². The summed E-state index contributed by atoms with van der Waals surface area (Å²) in [5.41, 5.74) is 0. The standard InChI is InChI=1S/C12H14ClF2NO4S/c13-21(17,18)11-8-9(14)7-10(15)12(11)20-6-3-16-1-4-19-5-2-16/h7-8H,1-6H2. The Hall–Kier alpha value is -0.960. The Morgan fingerprint density at radius 3 is 2.57 bits per heavy atom. The van der Waals surface area contributed by atoms with Gasteiger partial charge in [0.05, 0.1) is 13.2 Å². The third kappa shape index (κ3) is 4.50. The van der Waals surface area contributed by atoms with Gasteiger partial charge in [0.2, 0.25) is 0 Å². The minimum Gasteiger partial charge on any atom is -0.488 e. The maximum absolute atomic E-state index is 13.7. The van der Waals surface area contributed by atoms with Crippen molar-refractivity contribution < 1.29 is 26.7 Å². The fourth-order valence-corrected chi connectivity index (χ4v) is 2.93. The number of hydrogen-bond donors (Lipinski definition) is 0. The fourth-order valence-electron chi connectivity index (χ4n) is 1.96. The van der Waals surface area contributed by atoms with Crippen molar-refractivity contribution in [3.63, 3.8) is 0 Å². The van der Waals surface area contributed by atoms with Crippen molar-refractivity contribution in [2.24, 2.45) is 0 Å². The quantitative estimate of drug-likeness (QED) is 0.761. The molecule has 118 valence electrons. The van der Waals surface area contributed by atoms with E-state index in [-0.39, 0.29) is 6.61 Å². The summed E-state index contributed by atoms with van der Waals surface area (Å²) in [6, 6.07) is 1.19. The maximum atomic E-state index is 13.7. The molecule has 1 aliphatic heterocycles. The van der Waals surface area contributed by atoms with Crippen LogP contribution in [0.1, 0.15) is 0 Å². The van der Waals surface area contributed by atoms with Crippen LogP contribution in [0.15, 0.2) is 17.0 Å². The summed E-state index contributed by atoms with van der Waals surface area (Å²) in [5.74, 6) is -2.69. The van der Waals surface area contributed by atoms with Gasteiger partial charge in [0.15, 0.2) is 11.6 Å². The molecule has 0 N–H and O–H groups in total. The van der Waals surface area contributed by atoms with Gasteiger partial charge < -0.3 is 9.47 Å². The third-order valence-corrected chi connectivity index (χ3v) is 4.32. The van der Waals surface area contributed by atoms with E-state index in [2.05, 4.69) is 0 Å². The van der Waals surface area contributed by atoms with Gasteiger partial charge in [-0.3, -0.25) is 4.90 Å². The second kappa shape index (κ2) is 6.87. The number of benzene rings is 1. The van der Waals surface area contributed by atoms with Crippen molar-refractivity contribution in [3.05, 3.63) is 23.8 Å². The predicted octanol–water partition coefficient (Wildman–Crippen LogP) is 1.60. The maximum Gasteiger partial charge on any atom is 0.265 e. The zero-order valence-electron chi connectivity index (χ0n) is 11.0. The third-order valence-electron chi connectivity index (χ3n) is 2.99. The van der Waals surface area contributed by atoms with E-state index in [0.29, 0.717) is 31.9 Å². The average Bonchev–Trinajstić information content (AvgIpc) is 2.41. The molecule has 2 rings (SSSR count).